The summed E-state index contributed by atoms with van der Waals surface area (Å²) in [7, 11) is 2.01. The molecular weight excluding hydrogens is 460 g/mol. The molecule has 1 heterocycles. The van der Waals surface area contributed by atoms with Crippen LogP contribution in [0.15, 0.2) is 36.4 Å². The van der Waals surface area contributed by atoms with E-state index in [-0.39, 0.29) is 17.9 Å². The molecule has 3 rings (SSSR count). The number of nitrogens with zero attached hydrogens (tertiary/aromatic N) is 2. The number of aryl methyl sites for hydroxylation is 4. The monoisotopic (exact) mass is 506 g/mol. The van der Waals surface area contributed by atoms with Gasteiger partial charge in [0.15, 0.2) is 0 Å². The van der Waals surface area contributed by atoms with Gasteiger partial charge in [-0.3, -0.25) is 19.4 Å². The third-order valence-corrected chi connectivity index (χ3v) is 7.54. The van der Waals surface area contributed by atoms with Crippen LogP contribution in [-0.4, -0.2) is 60.9 Å². The lowest BCUT2D eigenvalue weighted by atomic mass is 10.1. The maximum Gasteiger partial charge on any atom is 0.241 e. The minimum absolute atomic E-state index is 0.0298. The lowest BCUT2D eigenvalue weighted by Crippen LogP contribution is -2.44. The van der Waals surface area contributed by atoms with Gasteiger partial charge in [-0.1, -0.05) is 55.7 Å². The van der Waals surface area contributed by atoms with E-state index in [1.807, 2.05) is 45.2 Å². The average Bonchev–Trinajstić information content (AvgIpc) is 3.09. The molecule has 0 aromatic heterocycles. The summed E-state index contributed by atoms with van der Waals surface area (Å²) in [6, 6.07) is 12.1. The molecule has 1 aliphatic rings. The second kappa shape index (κ2) is 14.3. The maximum atomic E-state index is 13.3. The molecule has 2 N–H and O–H groups in total. The Hall–Kier alpha value is -2.70. The van der Waals surface area contributed by atoms with Crippen molar-refractivity contribution in [1.29, 1.82) is 0 Å². The standard InChI is InChI=1S/C31H46N4O2/c1-23-14-12-15-24(2)29(23)32-28(36)22-34(5)19-9-7-11-21-35-20-10-6-8-18-27(35)31(37)33-30-25(3)16-13-17-26(30)4/h12-17,27H,6-11,18-22H2,1-5H3,(H,32,36)(H,33,37). The lowest BCUT2D eigenvalue weighted by molar-refractivity contribution is -0.121. The predicted octanol–water partition coefficient (Wildman–Crippen LogP) is 5.84. The summed E-state index contributed by atoms with van der Waals surface area (Å²) in [4.78, 5) is 30.3. The Labute approximate surface area is 223 Å². The highest BCUT2D eigenvalue weighted by molar-refractivity contribution is 5.96. The molecular formula is C31H46N4O2. The average molecular weight is 507 g/mol. The predicted molar refractivity (Wildman–Crippen MR) is 154 cm³/mol. The normalized spacial score (nSPS) is 16.4. The summed E-state index contributed by atoms with van der Waals surface area (Å²) in [6.07, 6.45) is 7.58. The van der Waals surface area contributed by atoms with Crippen LogP contribution in [0.5, 0.6) is 0 Å². The van der Waals surface area contributed by atoms with E-state index in [0.717, 1.165) is 91.8 Å². The fourth-order valence-corrected chi connectivity index (χ4v) is 5.34. The fraction of sp³-hybridized carbons (Fsp3) is 0.548. The molecule has 6 nitrogen and oxygen atoms in total. The number of carbonyl (C=O) groups is 2. The molecule has 1 atom stereocenters. The van der Waals surface area contributed by atoms with Gasteiger partial charge in [-0.15, -0.1) is 0 Å². The van der Waals surface area contributed by atoms with Crippen molar-refractivity contribution in [3.8, 4) is 0 Å². The van der Waals surface area contributed by atoms with Crippen LogP contribution in [0.4, 0.5) is 11.4 Å². The van der Waals surface area contributed by atoms with Gasteiger partial charge in [-0.05, 0) is 102 Å². The highest BCUT2D eigenvalue weighted by atomic mass is 16.2. The quantitative estimate of drug-likeness (QED) is 0.376. The molecule has 202 valence electrons. The van der Waals surface area contributed by atoms with Crippen LogP contribution >= 0.6 is 0 Å². The molecule has 2 amide bonds. The van der Waals surface area contributed by atoms with Crippen LogP contribution in [0.1, 0.15) is 67.2 Å². The SMILES string of the molecule is Cc1cccc(C)c1NC(=O)CN(C)CCCCCN1CCCCCC1C(=O)Nc1c(C)cccc1C. The van der Waals surface area contributed by atoms with Crippen LogP contribution in [-0.2, 0) is 9.59 Å². The van der Waals surface area contributed by atoms with E-state index in [2.05, 4.69) is 46.4 Å². The van der Waals surface area contributed by atoms with Gasteiger partial charge < -0.3 is 10.6 Å². The summed E-state index contributed by atoms with van der Waals surface area (Å²) in [6.45, 7) is 11.4. The third kappa shape index (κ3) is 8.68. The first-order chi connectivity index (χ1) is 17.8. The van der Waals surface area contributed by atoms with E-state index >= 15 is 0 Å². The summed E-state index contributed by atoms with van der Waals surface area (Å²) in [5, 5.41) is 6.31. The largest absolute Gasteiger partial charge is 0.324 e. The van der Waals surface area contributed by atoms with E-state index in [9.17, 15) is 9.59 Å². The van der Waals surface area contributed by atoms with E-state index in [4.69, 9.17) is 0 Å². The molecule has 37 heavy (non-hydrogen) atoms. The van der Waals surface area contributed by atoms with E-state index in [1.165, 1.54) is 6.42 Å². The van der Waals surface area contributed by atoms with E-state index in [0.29, 0.717) is 6.54 Å². The molecule has 2 aromatic rings. The van der Waals surface area contributed by atoms with Crippen molar-refractivity contribution < 1.29 is 9.59 Å². The minimum Gasteiger partial charge on any atom is -0.324 e. The van der Waals surface area contributed by atoms with Gasteiger partial charge >= 0.3 is 0 Å². The Bertz CT molecular complexity index is 1010. The Balaban J connectivity index is 1.42. The van der Waals surface area contributed by atoms with Crippen molar-refractivity contribution in [2.45, 2.75) is 78.7 Å². The zero-order chi connectivity index (χ0) is 26.8. The van der Waals surface area contributed by atoms with E-state index < -0.39 is 0 Å². The van der Waals surface area contributed by atoms with Gasteiger partial charge in [-0.2, -0.15) is 0 Å². The maximum absolute atomic E-state index is 13.3. The van der Waals surface area contributed by atoms with Crippen LogP contribution in [0.3, 0.4) is 0 Å². The van der Waals surface area contributed by atoms with Crippen molar-refractivity contribution in [2.75, 3.05) is 43.9 Å². The molecule has 6 heteroatoms. The zero-order valence-electron chi connectivity index (χ0n) is 23.5. The first-order valence-electron chi connectivity index (χ1n) is 13.9. The van der Waals surface area contributed by atoms with Crippen LogP contribution in [0, 0.1) is 27.7 Å². The number of unbranched alkanes of at least 4 members (excludes halogenated alkanes) is 2. The topological polar surface area (TPSA) is 64.7 Å². The lowest BCUT2D eigenvalue weighted by Gasteiger charge is -2.29. The zero-order valence-corrected chi connectivity index (χ0v) is 23.5. The second-order valence-corrected chi connectivity index (χ2v) is 10.8. The Kier molecular flexibility index (Phi) is 11.2. The van der Waals surface area contributed by atoms with Crippen molar-refractivity contribution >= 4 is 23.2 Å². The number of carbonyl (C=O) groups excluding carboxylic acids is 2. The van der Waals surface area contributed by atoms with Gasteiger partial charge in [-0.25, -0.2) is 0 Å². The van der Waals surface area contributed by atoms with Gasteiger partial charge in [0.25, 0.3) is 0 Å². The number of para-hydroxylation sites is 2. The molecule has 0 radical (unpaired) electrons. The molecule has 2 aromatic carbocycles. The van der Waals surface area contributed by atoms with Gasteiger partial charge in [0.2, 0.25) is 11.8 Å². The highest BCUT2D eigenvalue weighted by Gasteiger charge is 2.27. The third-order valence-electron chi connectivity index (χ3n) is 7.54. The molecule has 1 unspecified atom stereocenters. The molecule has 0 spiro atoms. The summed E-state index contributed by atoms with van der Waals surface area (Å²) in [5.41, 5.74) is 6.28. The Morgan fingerprint density at radius 1 is 0.838 bits per heavy atom. The number of benzene rings is 2. The van der Waals surface area contributed by atoms with Crippen molar-refractivity contribution in [2.24, 2.45) is 0 Å². The Morgan fingerprint density at radius 2 is 1.43 bits per heavy atom. The number of nitrogens with one attached hydrogen (secondary N) is 2. The van der Waals surface area contributed by atoms with Crippen molar-refractivity contribution in [3.05, 3.63) is 58.7 Å². The Morgan fingerprint density at radius 3 is 2.05 bits per heavy atom. The molecule has 1 aliphatic heterocycles. The summed E-state index contributed by atoms with van der Waals surface area (Å²) >= 11 is 0. The second-order valence-electron chi connectivity index (χ2n) is 10.8. The highest BCUT2D eigenvalue weighted by Crippen LogP contribution is 2.23. The van der Waals surface area contributed by atoms with Crippen molar-refractivity contribution in [1.82, 2.24) is 9.80 Å². The first-order valence-corrected chi connectivity index (χ1v) is 13.9. The number of likely N-dealkylation sites (tertiary alicyclic amines) is 1. The summed E-state index contributed by atoms with van der Waals surface area (Å²) < 4.78 is 0. The first kappa shape index (κ1) is 28.9. The van der Waals surface area contributed by atoms with Crippen LogP contribution in [0.25, 0.3) is 0 Å². The number of hydrogen-bond acceptors (Lipinski definition) is 4. The minimum atomic E-state index is -0.0576. The fourth-order valence-electron chi connectivity index (χ4n) is 5.34. The molecule has 1 fully saturated rings. The molecule has 1 saturated heterocycles. The molecule has 0 saturated carbocycles. The number of amides is 2. The molecule has 0 aliphatic carbocycles. The number of rotatable bonds is 11. The number of anilines is 2. The van der Waals surface area contributed by atoms with E-state index in [1.54, 1.807) is 0 Å². The van der Waals surface area contributed by atoms with Crippen molar-refractivity contribution in [3.63, 3.8) is 0 Å². The summed E-state index contributed by atoms with van der Waals surface area (Å²) in [5.74, 6) is 0.163. The number of hydrogen-bond donors (Lipinski definition) is 2. The van der Waals surface area contributed by atoms with Crippen LogP contribution in [0.2, 0.25) is 0 Å². The van der Waals surface area contributed by atoms with Gasteiger partial charge in [0.05, 0.1) is 12.6 Å². The van der Waals surface area contributed by atoms with Gasteiger partial charge in [0.1, 0.15) is 0 Å². The smallest absolute Gasteiger partial charge is 0.241 e. The van der Waals surface area contributed by atoms with Gasteiger partial charge in [0, 0.05) is 11.4 Å². The van der Waals surface area contributed by atoms with Crippen LogP contribution < -0.4 is 10.6 Å². The number of likely N-dealkylation sites (N-methyl/N-ethyl adjacent to an activating group) is 1. The molecule has 0 bridgehead atoms.